The van der Waals surface area contributed by atoms with Gasteiger partial charge in [-0.1, -0.05) is 16.5 Å². The van der Waals surface area contributed by atoms with Crippen LogP contribution in [0.3, 0.4) is 0 Å². The molecule has 10 heteroatoms. The highest BCUT2D eigenvalue weighted by Gasteiger charge is 2.14. The minimum absolute atomic E-state index is 0.185. The number of amides is 1. The van der Waals surface area contributed by atoms with Gasteiger partial charge in [0.1, 0.15) is 5.01 Å². The van der Waals surface area contributed by atoms with Crippen LogP contribution in [-0.2, 0) is 11.2 Å². The fraction of sp³-hybridized carbons (Fsp3) is 0.389. The fourth-order valence-corrected chi connectivity index (χ4v) is 3.02. The molecule has 3 rings (SSSR count). The van der Waals surface area contributed by atoms with Gasteiger partial charge in [-0.25, -0.2) is 0 Å². The number of aryl methyl sites for hydroxylation is 2. The smallest absolute Gasteiger partial charge is 0.227 e. The zero-order valence-corrected chi connectivity index (χ0v) is 16.7. The van der Waals surface area contributed by atoms with Crippen LogP contribution in [0.1, 0.15) is 31.2 Å². The molecule has 1 N–H and O–H groups in total. The first-order chi connectivity index (χ1) is 13.6. The second-order valence-corrected chi connectivity index (χ2v) is 6.90. The predicted molar refractivity (Wildman–Crippen MR) is 104 cm³/mol. The molecule has 9 nitrogen and oxygen atoms in total. The molecule has 28 heavy (non-hydrogen) atoms. The van der Waals surface area contributed by atoms with Crippen LogP contribution in [0, 0.1) is 6.92 Å². The lowest BCUT2D eigenvalue weighted by atomic mass is 10.2. The van der Waals surface area contributed by atoms with E-state index in [4.69, 9.17) is 14.0 Å². The van der Waals surface area contributed by atoms with E-state index in [1.807, 2.05) is 39.0 Å². The predicted octanol–water partition coefficient (Wildman–Crippen LogP) is 3.27. The van der Waals surface area contributed by atoms with E-state index in [0.29, 0.717) is 48.0 Å². The van der Waals surface area contributed by atoms with E-state index in [1.54, 1.807) is 0 Å². The highest BCUT2D eigenvalue weighted by Crippen LogP contribution is 2.32. The maximum Gasteiger partial charge on any atom is 0.227 e. The summed E-state index contributed by atoms with van der Waals surface area (Å²) in [7, 11) is 0. The van der Waals surface area contributed by atoms with Gasteiger partial charge < -0.3 is 19.3 Å². The number of benzene rings is 1. The Labute approximate surface area is 166 Å². The van der Waals surface area contributed by atoms with E-state index < -0.39 is 0 Å². The van der Waals surface area contributed by atoms with Crippen molar-refractivity contribution in [1.82, 2.24) is 20.3 Å². The van der Waals surface area contributed by atoms with E-state index in [2.05, 4.69) is 25.7 Å². The van der Waals surface area contributed by atoms with Crippen molar-refractivity contribution < 1.29 is 18.8 Å². The zero-order valence-electron chi connectivity index (χ0n) is 15.9. The standard InChI is InChI=1S/C18H21N5O4S/c1-4-25-13-7-6-12(10-14(13)26-5-2)17-20-16(27-23-17)9-8-15(24)19-18-22-21-11(3)28-18/h6-7,10H,4-5,8-9H2,1-3H3,(H,19,22,24). The summed E-state index contributed by atoms with van der Waals surface area (Å²) in [5.74, 6) is 1.92. The summed E-state index contributed by atoms with van der Waals surface area (Å²) in [4.78, 5) is 16.4. The topological polar surface area (TPSA) is 112 Å². The molecule has 2 aromatic heterocycles. The molecule has 0 saturated carbocycles. The van der Waals surface area contributed by atoms with Crippen LogP contribution >= 0.6 is 11.3 Å². The molecule has 3 aromatic rings. The van der Waals surface area contributed by atoms with Crippen molar-refractivity contribution in [2.24, 2.45) is 0 Å². The molecule has 0 spiro atoms. The van der Waals surface area contributed by atoms with Gasteiger partial charge in [0, 0.05) is 18.4 Å². The van der Waals surface area contributed by atoms with Crippen molar-refractivity contribution in [3.8, 4) is 22.9 Å². The molecule has 0 fully saturated rings. The van der Waals surface area contributed by atoms with Gasteiger partial charge >= 0.3 is 0 Å². The van der Waals surface area contributed by atoms with E-state index in [9.17, 15) is 4.79 Å². The second-order valence-electron chi connectivity index (χ2n) is 5.71. The number of carbonyl (C=O) groups is 1. The molecule has 0 atom stereocenters. The number of ether oxygens (including phenoxy) is 2. The number of carbonyl (C=O) groups excluding carboxylic acids is 1. The second kappa shape index (κ2) is 9.27. The minimum Gasteiger partial charge on any atom is -0.490 e. The molecule has 0 unspecified atom stereocenters. The van der Waals surface area contributed by atoms with Crippen LogP contribution in [0.25, 0.3) is 11.4 Å². The highest BCUT2D eigenvalue weighted by molar-refractivity contribution is 7.15. The number of aromatic nitrogens is 4. The summed E-state index contributed by atoms with van der Waals surface area (Å²) in [6.45, 7) is 6.71. The quantitative estimate of drug-likeness (QED) is 0.579. The Morgan fingerprint density at radius 2 is 1.96 bits per heavy atom. The highest BCUT2D eigenvalue weighted by atomic mass is 32.1. The Morgan fingerprint density at radius 3 is 2.68 bits per heavy atom. The van der Waals surface area contributed by atoms with Gasteiger partial charge in [0.15, 0.2) is 11.5 Å². The molecule has 0 bridgehead atoms. The Bertz CT molecular complexity index is 940. The number of rotatable bonds is 9. The number of anilines is 1. The van der Waals surface area contributed by atoms with Crippen LogP contribution in [0.5, 0.6) is 11.5 Å². The van der Waals surface area contributed by atoms with E-state index in [-0.39, 0.29) is 12.3 Å². The van der Waals surface area contributed by atoms with Crippen LogP contribution < -0.4 is 14.8 Å². The third-order valence-electron chi connectivity index (χ3n) is 3.61. The Morgan fingerprint density at radius 1 is 1.18 bits per heavy atom. The van der Waals surface area contributed by atoms with Gasteiger partial charge in [0.25, 0.3) is 0 Å². The molecule has 2 heterocycles. The van der Waals surface area contributed by atoms with Gasteiger partial charge in [-0.15, -0.1) is 10.2 Å². The van der Waals surface area contributed by atoms with Crippen molar-refractivity contribution in [1.29, 1.82) is 0 Å². The first kappa shape index (κ1) is 19.7. The summed E-state index contributed by atoms with van der Waals surface area (Å²) in [5.41, 5.74) is 0.746. The van der Waals surface area contributed by atoms with Crippen LogP contribution in [0.2, 0.25) is 0 Å². The molecule has 0 saturated heterocycles. The summed E-state index contributed by atoms with van der Waals surface area (Å²) < 4.78 is 16.4. The number of hydrogen-bond acceptors (Lipinski definition) is 9. The first-order valence-electron chi connectivity index (χ1n) is 8.91. The largest absolute Gasteiger partial charge is 0.490 e. The minimum atomic E-state index is -0.185. The molecule has 0 radical (unpaired) electrons. The molecule has 148 valence electrons. The van der Waals surface area contributed by atoms with Gasteiger partial charge in [-0.3, -0.25) is 4.79 Å². The molecule has 0 aliphatic carbocycles. The van der Waals surface area contributed by atoms with Crippen LogP contribution in [-0.4, -0.2) is 39.5 Å². The van der Waals surface area contributed by atoms with Gasteiger partial charge in [-0.05, 0) is 39.0 Å². The van der Waals surface area contributed by atoms with Crippen molar-refractivity contribution in [2.45, 2.75) is 33.6 Å². The molecule has 1 amide bonds. The van der Waals surface area contributed by atoms with Gasteiger partial charge in [0.2, 0.25) is 22.8 Å². The average molecular weight is 403 g/mol. The SMILES string of the molecule is CCOc1ccc(-c2noc(CCC(=O)Nc3nnc(C)s3)n2)cc1OCC. The monoisotopic (exact) mass is 403 g/mol. The van der Waals surface area contributed by atoms with E-state index >= 15 is 0 Å². The van der Waals surface area contributed by atoms with Gasteiger partial charge in [-0.2, -0.15) is 4.98 Å². The Hall–Kier alpha value is -3.01. The lowest BCUT2D eigenvalue weighted by Crippen LogP contribution is -2.12. The molecule has 1 aromatic carbocycles. The fourth-order valence-electron chi connectivity index (χ4n) is 2.41. The number of nitrogens with one attached hydrogen (secondary N) is 1. The Balaban J connectivity index is 1.63. The summed E-state index contributed by atoms with van der Waals surface area (Å²) in [5, 5.41) is 15.7. The van der Waals surface area contributed by atoms with Gasteiger partial charge in [0.05, 0.1) is 13.2 Å². The molecule has 0 aliphatic heterocycles. The van der Waals surface area contributed by atoms with Crippen molar-refractivity contribution in [2.75, 3.05) is 18.5 Å². The van der Waals surface area contributed by atoms with Crippen LogP contribution in [0.15, 0.2) is 22.7 Å². The Kier molecular flexibility index (Phi) is 6.53. The molecular weight excluding hydrogens is 382 g/mol. The summed E-state index contributed by atoms with van der Waals surface area (Å²) in [6, 6.07) is 5.47. The summed E-state index contributed by atoms with van der Waals surface area (Å²) >= 11 is 1.32. The zero-order chi connectivity index (χ0) is 19.9. The molecule has 0 aliphatic rings. The maximum absolute atomic E-state index is 12.0. The van der Waals surface area contributed by atoms with Crippen LogP contribution in [0.4, 0.5) is 5.13 Å². The average Bonchev–Trinajstić information content (AvgIpc) is 3.31. The summed E-state index contributed by atoms with van der Waals surface area (Å²) in [6.07, 6.45) is 0.527. The maximum atomic E-state index is 12.0. The first-order valence-corrected chi connectivity index (χ1v) is 9.73. The lowest BCUT2D eigenvalue weighted by Gasteiger charge is -2.11. The normalized spacial score (nSPS) is 10.7. The van der Waals surface area contributed by atoms with E-state index in [0.717, 1.165) is 10.6 Å². The van der Waals surface area contributed by atoms with Crippen molar-refractivity contribution in [3.05, 3.63) is 29.1 Å². The third kappa shape index (κ3) is 5.03. The lowest BCUT2D eigenvalue weighted by molar-refractivity contribution is -0.116. The van der Waals surface area contributed by atoms with Crippen molar-refractivity contribution >= 4 is 22.4 Å². The molecular formula is C18H21N5O4S. The number of hydrogen-bond donors (Lipinski definition) is 1. The van der Waals surface area contributed by atoms with E-state index in [1.165, 1.54) is 11.3 Å². The number of nitrogens with zero attached hydrogens (tertiary/aromatic N) is 4. The third-order valence-corrected chi connectivity index (χ3v) is 4.36. The van der Waals surface area contributed by atoms with Crippen molar-refractivity contribution in [3.63, 3.8) is 0 Å².